The van der Waals surface area contributed by atoms with E-state index in [9.17, 15) is 4.79 Å². The minimum absolute atomic E-state index is 0.236. The van der Waals surface area contributed by atoms with Gasteiger partial charge in [0.1, 0.15) is 11.5 Å². The molecule has 1 N–H and O–H groups in total. The van der Waals surface area contributed by atoms with Gasteiger partial charge >= 0.3 is 0 Å². The van der Waals surface area contributed by atoms with Gasteiger partial charge in [0.2, 0.25) is 0 Å². The number of hydrogen-bond acceptors (Lipinski definition) is 5. The number of carbonyl (C=O) groups excluding carboxylic acids is 1. The first-order valence-electron chi connectivity index (χ1n) is 6.78. The van der Waals surface area contributed by atoms with Crippen LogP contribution in [0.2, 0.25) is 5.02 Å². The largest absolute Gasteiger partial charge is 0.457 e. The molecule has 0 saturated carbocycles. The van der Waals surface area contributed by atoms with Crippen LogP contribution in [0.5, 0.6) is 11.5 Å². The lowest BCUT2D eigenvalue weighted by Gasteiger charge is -2.07. The Hall–Kier alpha value is -2.44. The molecule has 0 atom stereocenters. The lowest BCUT2D eigenvalue weighted by atomic mass is 10.2. The molecule has 0 spiro atoms. The van der Waals surface area contributed by atoms with Crippen molar-refractivity contribution < 1.29 is 9.53 Å². The number of hydrogen-bond donors (Lipinski definition) is 1. The summed E-state index contributed by atoms with van der Waals surface area (Å²) in [6, 6.07) is 14.6. The fraction of sp³-hybridized carbons (Fsp3) is 0.0625. The van der Waals surface area contributed by atoms with Crippen LogP contribution in [0.1, 0.15) is 16.1 Å². The number of rotatable bonds is 5. The fourth-order valence-corrected chi connectivity index (χ4v) is 2.41. The van der Waals surface area contributed by atoms with E-state index in [4.69, 9.17) is 16.3 Å². The van der Waals surface area contributed by atoms with Gasteiger partial charge in [-0.15, -0.1) is 5.10 Å². The van der Waals surface area contributed by atoms with Crippen molar-refractivity contribution in [2.24, 2.45) is 0 Å². The summed E-state index contributed by atoms with van der Waals surface area (Å²) in [7, 11) is 0. The molecule has 0 aliphatic rings. The number of aromatic nitrogens is 2. The van der Waals surface area contributed by atoms with Crippen LogP contribution in [-0.2, 0) is 6.54 Å². The zero-order chi connectivity index (χ0) is 16.1. The molecule has 7 heteroatoms. The average molecular weight is 346 g/mol. The summed E-state index contributed by atoms with van der Waals surface area (Å²) in [6.07, 6.45) is 0. The first kappa shape index (κ1) is 15.5. The van der Waals surface area contributed by atoms with Gasteiger partial charge in [0.05, 0.1) is 0 Å². The Morgan fingerprint density at radius 2 is 1.74 bits per heavy atom. The van der Waals surface area contributed by atoms with Crippen molar-refractivity contribution in [3.05, 3.63) is 70.2 Å². The van der Waals surface area contributed by atoms with Crippen molar-refractivity contribution >= 4 is 29.0 Å². The van der Waals surface area contributed by atoms with Crippen molar-refractivity contribution in [2.75, 3.05) is 0 Å². The first-order chi connectivity index (χ1) is 11.2. The van der Waals surface area contributed by atoms with Gasteiger partial charge in [0.25, 0.3) is 5.91 Å². The standard InChI is InChI=1S/C16H12ClN3O2S/c17-12-3-7-14(8-4-12)22-13-5-1-11(2-6-13)9-18-16(21)15-10-23-20-19-15/h1-8,10H,9H2,(H,18,21). The molecule has 5 nitrogen and oxygen atoms in total. The van der Waals surface area contributed by atoms with E-state index in [1.54, 1.807) is 29.6 Å². The van der Waals surface area contributed by atoms with E-state index in [0.717, 1.165) is 17.1 Å². The van der Waals surface area contributed by atoms with Crippen LogP contribution < -0.4 is 10.1 Å². The van der Waals surface area contributed by atoms with E-state index >= 15 is 0 Å². The van der Waals surface area contributed by atoms with Crippen LogP contribution in [0.3, 0.4) is 0 Å². The molecule has 0 unspecified atom stereocenters. The second-order valence-electron chi connectivity index (χ2n) is 4.67. The maximum atomic E-state index is 11.8. The van der Waals surface area contributed by atoms with E-state index < -0.39 is 0 Å². The predicted molar refractivity (Wildman–Crippen MR) is 89.0 cm³/mol. The van der Waals surface area contributed by atoms with Crippen LogP contribution in [0.15, 0.2) is 53.9 Å². The lowest BCUT2D eigenvalue weighted by Crippen LogP contribution is -2.23. The van der Waals surface area contributed by atoms with Crippen LogP contribution in [0, 0.1) is 0 Å². The minimum atomic E-state index is -0.236. The third-order valence-corrected chi connectivity index (χ3v) is 3.78. The summed E-state index contributed by atoms with van der Waals surface area (Å²) < 4.78 is 9.37. The van der Waals surface area contributed by atoms with E-state index in [1.165, 1.54) is 0 Å². The smallest absolute Gasteiger partial charge is 0.273 e. The normalized spacial score (nSPS) is 10.3. The van der Waals surface area contributed by atoms with Crippen LogP contribution >= 0.6 is 23.1 Å². The third-order valence-electron chi connectivity index (χ3n) is 3.02. The van der Waals surface area contributed by atoms with Gasteiger partial charge in [-0.3, -0.25) is 4.79 Å². The Labute approximate surface area is 142 Å². The molecule has 0 saturated heterocycles. The number of nitrogens with zero attached hydrogens (tertiary/aromatic N) is 2. The SMILES string of the molecule is O=C(NCc1ccc(Oc2ccc(Cl)cc2)cc1)c1csnn1. The Bertz CT molecular complexity index is 774. The molecule has 0 fully saturated rings. The molecule has 0 radical (unpaired) electrons. The minimum Gasteiger partial charge on any atom is -0.457 e. The number of nitrogens with one attached hydrogen (secondary N) is 1. The topological polar surface area (TPSA) is 64.1 Å². The third kappa shape index (κ3) is 4.28. The van der Waals surface area contributed by atoms with Crippen molar-refractivity contribution in [3.63, 3.8) is 0 Å². The maximum absolute atomic E-state index is 11.8. The quantitative estimate of drug-likeness (QED) is 0.761. The van der Waals surface area contributed by atoms with Gasteiger partial charge in [0, 0.05) is 16.9 Å². The summed E-state index contributed by atoms with van der Waals surface area (Å²) in [5, 5.41) is 8.78. The summed E-state index contributed by atoms with van der Waals surface area (Å²) in [5.74, 6) is 1.19. The summed E-state index contributed by atoms with van der Waals surface area (Å²) in [5.41, 5.74) is 1.29. The Balaban J connectivity index is 1.56. The number of amides is 1. The first-order valence-corrected chi connectivity index (χ1v) is 8.00. The molecule has 1 aromatic heterocycles. The molecule has 0 aliphatic heterocycles. The molecule has 0 bridgehead atoms. The molecule has 23 heavy (non-hydrogen) atoms. The highest BCUT2D eigenvalue weighted by molar-refractivity contribution is 7.03. The molecule has 116 valence electrons. The van der Waals surface area contributed by atoms with Gasteiger partial charge < -0.3 is 10.1 Å². The number of benzene rings is 2. The van der Waals surface area contributed by atoms with Crippen molar-refractivity contribution in [2.45, 2.75) is 6.54 Å². The van der Waals surface area contributed by atoms with Gasteiger partial charge in [-0.25, -0.2) is 0 Å². The van der Waals surface area contributed by atoms with Crippen LogP contribution in [-0.4, -0.2) is 15.5 Å². The molecule has 3 rings (SSSR count). The van der Waals surface area contributed by atoms with Crippen LogP contribution in [0.25, 0.3) is 0 Å². The van der Waals surface area contributed by atoms with E-state index in [1.807, 2.05) is 24.3 Å². The van der Waals surface area contributed by atoms with Gasteiger partial charge in [0.15, 0.2) is 5.69 Å². The van der Waals surface area contributed by atoms with Gasteiger partial charge in [-0.2, -0.15) is 0 Å². The summed E-state index contributed by atoms with van der Waals surface area (Å²) >= 11 is 6.98. The maximum Gasteiger partial charge on any atom is 0.273 e. The zero-order valence-electron chi connectivity index (χ0n) is 11.9. The van der Waals surface area contributed by atoms with Gasteiger partial charge in [-0.1, -0.05) is 28.2 Å². The van der Waals surface area contributed by atoms with E-state index in [2.05, 4.69) is 14.9 Å². The monoisotopic (exact) mass is 345 g/mol. The molecule has 1 amide bonds. The van der Waals surface area contributed by atoms with E-state index in [0.29, 0.717) is 28.8 Å². The fourth-order valence-electron chi connectivity index (χ4n) is 1.85. The zero-order valence-corrected chi connectivity index (χ0v) is 13.5. The highest BCUT2D eigenvalue weighted by Gasteiger charge is 2.08. The Morgan fingerprint density at radius 3 is 2.35 bits per heavy atom. The second-order valence-corrected chi connectivity index (χ2v) is 5.72. The molecule has 1 heterocycles. The summed E-state index contributed by atoms with van der Waals surface area (Å²) in [4.78, 5) is 11.8. The molecular formula is C16H12ClN3O2S. The number of halogens is 1. The second kappa shape index (κ2) is 7.21. The molecular weight excluding hydrogens is 334 g/mol. The lowest BCUT2D eigenvalue weighted by molar-refractivity contribution is 0.0946. The van der Waals surface area contributed by atoms with Crippen molar-refractivity contribution in [1.29, 1.82) is 0 Å². The highest BCUT2D eigenvalue weighted by atomic mass is 35.5. The molecule has 3 aromatic rings. The van der Waals surface area contributed by atoms with E-state index in [-0.39, 0.29) is 5.91 Å². The van der Waals surface area contributed by atoms with Crippen LogP contribution in [0.4, 0.5) is 0 Å². The van der Waals surface area contributed by atoms with Gasteiger partial charge in [-0.05, 0) is 53.5 Å². The highest BCUT2D eigenvalue weighted by Crippen LogP contribution is 2.23. The Morgan fingerprint density at radius 1 is 1.09 bits per heavy atom. The summed E-state index contributed by atoms with van der Waals surface area (Å²) in [6.45, 7) is 0.414. The number of carbonyl (C=O) groups is 1. The molecule has 2 aromatic carbocycles. The average Bonchev–Trinajstić information content (AvgIpc) is 3.11. The predicted octanol–water partition coefficient (Wildman–Crippen LogP) is 3.91. The number of ether oxygens (including phenoxy) is 1. The van der Waals surface area contributed by atoms with Crippen molar-refractivity contribution in [1.82, 2.24) is 14.9 Å². The molecule has 0 aliphatic carbocycles. The van der Waals surface area contributed by atoms with Crippen molar-refractivity contribution in [3.8, 4) is 11.5 Å². The Kier molecular flexibility index (Phi) is 4.85.